The average Bonchev–Trinajstić information content (AvgIpc) is 3.46. The van der Waals surface area contributed by atoms with Gasteiger partial charge in [0.2, 0.25) is 12.7 Å². The molecule has 0 N–H and O–H groups in total. The number of imidazole rings is 1. The number of fused-ring (bicyclic) bond motifs is 1. The quantitative estimate of drug-likeness (QED) is 0.600. The van der Waals surface area contributed by atoms with E-state index in [-0.39, 0.29) is 12.7 Å². The van der Waals surface area contributed by atoms with Crippen LogP contribution in [0.3, 0.4) is 0 Å². The smallest absolute Gasteiger partial charge is 0.246 e. The lowest BCUT2D eigenvalue weighted by atomic mass is 10.2. The van der Waals surface area contributed by atoms with E-state index < -0.39 is 0 Å². The Hall–Kier alpha value is -3.88. The van der Waals surface area contributed by atoms with Crippen LogP contribution in [0.5, 0.6) is 11.5 Å². The van der Waals surface area contributed by atoms with Crippen LogP contribution in [0.25, 0.3) is 11.9 Å². The molecule has 3 aromatic rings. The van der Waals surface area contributed by atoms with Crippen LogP contribution in [0.2, 0.25) is 0 Å². The zero-order valence-corrected chi connectivity index (χ0v) is 17.1. The van der Waals surface area contributed by atoms with Crippen LogP contribution in [-0.4, -0.2) is 63.5 Å². The summed E-state index contributed by atoms with van der Waals surface area (Å²) < 4.78 is 12.6. The lowest BCUT2D eigenvalue weighted by Gasteiger charge is -2.34. The lowest BCUT2D eigenvalue weighted by Crippen LogP contribution is -2.48. The summed E-state index contributed by atoms with van der Waals surface area (Å²) in [6, 6.07) is 9.52. The molecule has 0 unspecified atom stereocenters. The number of benzene rings is 1. The van der Waals surface area contributed by atoms with E-state index in [2.05, 4.69) is 20.1 Å². The number of nitrogens with zero attached hydrogens (tertiary/aromatic N) is 6. The molecule has 2 aromatic heterocycles. The molecule has 31 heavy (non-hydrogen) atoms. The molecule has 0 radical (unpaired) electrons. The van der Waals surface area contributed by atoms with Gasteiger partial charge in [0.15, 0.2) is 23.1 Å². The summed E-state index contributed by atoms with van der Waals surface area (Å²) in [5.41, 5.74) is 0.903. The average molecular weight is 418 g/mol. The Bertz CT molecular complexity index is 1120. The van der Waals surface area contributed by atoms with Crippen LogP contribution in [0.1, 0.15) is 11.4 Å². The molecule has 9 heteroatoms. The first-order valence-corrected chi connectivity index (χ1v) is 10.1. The Morgan fingerprint density at radius 3 is 2.52 bits per heavy atom. The monoisotopic (exact) mass is 418 g/mol. The van der Waals surface area contributed by atoms with Crippen molar-refractivity contribution in [2.45, 2.75) is 6.92 Å². The summed E-state index contributed by atoms with van der Waals surface area (Å²) >= 11 is 0. The van der Waals surface area contributed by atoms with E-state index in [1.54, 1.807) is 18.3 Å². The highest BCUT2D eigenvalue weighted by molar-refractivity contribution is 5.92. The molecule has 0 aliphatic carbocycles. The second-order valence-electron chi connectivity index (χ2n) is 7.35. The maximum Gasteiger partial charge on any atom is 0.246 e. The largest absolute Gasteiger partial charge is 0.454 e. The first-order valence-electron chi connectivity index (χ1n) is 10.1. The molecule has 2 aliphatic rings. The highest BCUT2D eigenvalue weighted by Crippen LogP contribution is 2.32. The van der Waals surface area contributed by atoms with Crippen molar-refractivity contribution in [2.75, 3.05) is 37.9 Å². The van der Waals surface area contributed by atoms with E-state index in [0.29, 0.717) is 31.9 Å². The van der Waals surface area contributed by atoms with Crippen molar-refractivity contribution in [3.63, 3.8) is 0 Å². The number of hydrogen-bond acceptors (Lipinski definition) is 7. The normalized spacial score (nSPS) is 15.6. The van der Waals surface area contributed by atoms with E-state index in [1.807, 2.05) is 52.9 Å². The Labute approximate surface area is 179 Å². The van der Waals surface area contributed by atoms with E-state index in [9.17, 15) is 4.79 Å². The van der Waals surface area contributed by atoms with Gasteiger partial charge in [0.25, 0.3) is 0 Å². The first-order chi connectivity index (χ1) is 15.2. The number of anilines is 1. The van der Waals surface area contributed by atoms with E-state index in [0.717, 1.165) is 28.8 Å². The molecule has 0 saturated carbocycles. The third-order valence-corrected chi connectivity index (χ3v) is 5.44. The second-order valence-corrected chi connectivity index (χ2v) is 7.35. The van der Waals surface area contributed by atoms with Gasteiger partial charge in [0, 0.05) is 44.6 Å². The molecule has 0 bridgehead atoms. The fourth-order valence-corrected chi connectivity index (χ4v) is 3.68. The van der Waals surface area contributed by atoms with Crippen LogP contribution in [0.4, 0.5) is 5.82 Å². The predicted molar refractivity (Wildman–Crippen MR) is 114 cm³/mol. The molecule has 2 aliphatic heterocycles. The summed E-state index contributed by atoms with van der Waals surface area (Å²) in [5.74, 6) is 3.84. The van der Waals surface area contributed by atoms with Crippen molar-refractivity contribution < 1.29 is 14.3 Å². The van der Waals surface area contributed by atoms with Gasteiger partial charge in [0.1, 0.15) is 5.82 Å². The van der Waals surface area contributed by atoms with Gasteiger partial charge in [-0.1, -0.05) is 6.07 Å². The number of amides is 1. The third-order valence-electron chi connectivity index (χ3n) is 5.44. The van der Waals surface area contributed by atoms with Crippen molar-refractivity contribution in [3.05, 3.63) is 60.2 Å². The number of hydrogen-bond donors (Lipinski definition) is 0. The van der Waals surface area contributed by atoms with Crippen LogP contribution in [0, 0.1) is 6.92 Å². The maximum absolute atomic E-state index is 12.6. The van der Waals surface area contributed by atoms with Gasteiger partial charge in [-0.05, 0) is 42.8 Å². The number of aryl methyl sites for hydroxylation is 1. The predicted octanol–water partition coefficient (Wildman–Crippen LogP) is 2.06. The molecule has 0 atom stereocenters. The zero-order valence-electron chi connectivity index (χ0n) is 17.1. The number of piperazine rings is 1. The molecule has 5 rings (SSSR count). The number of aromatic nitrogens is 4. The summed E-state index contributed by atoms with van der Waals surface area (Å²) in [6.07, 6.45) is 7.01. The minimum absolute atomic E-state index is 0.00525. The van der Waals surface area contributed by atoms with E-state index >= 15 is 0 Å². The van der Waals surface area contributed by atoms with Crippen LogP contribution < -0.4 is 14.4 Å². The zero-order chi connectivity index (χ0) is 21.2. The number of rotatable bonds is 4. The fourth-order valence-electron chi connectivity index (χ4n) is 3.68. The molecule has 4 heterocycles. The number of carbonyl (C=O) groups is 1. The van der Waals surface area contributed by atoms with Crippen LogP contribution in [0.15, 0.2) is 48.8 Å². The number of carbonyl (C=O) groups excluding carboxylic acids is 1. The molecule has 1 fully saturated rings. The summed E-state index contributed by atoms with van der Waals surface area (Å²) in [7, 11) is 0. The minimum atomic E-state index is -0.00525. The molecule has 9 nitrogen and oxygen atoms in total. The van der Waals surface area contributed by atoms with Gasteiger partial charge in [-0.15, -0.1) is 10.2 Å². The van der Waals surface area contributed by atoms with Gasteiger partial charge in [-0.25, -0.2) is 4.98 Å². The molecule has 1 aromatic carbocycles. The third kappa shape index (κ3) is 3.94. The van der Waals surface area contributed by atoms with Crippen LogP contribution in [-0.2, 0) is 4.79 Å². The van der Waals surface area contributed by atoms with Crippen molar-refractivity contribution in [1.82, 2.24) is 24.6 Å². The minimum Gasteiger partial charge on any atom is -0.454 e. The van der Waals surface area contributed by atoms with E-state index in [4.69, 9.17) is 9.47 Å². The fraction of sp³-hybridized carbons (Fsp3) is 0.273. The Balaban J connectivity index is 1.17. The number of ether oxygens (including phenoxy) is 2. The van der Waals surface area contributed by atoms with Crippen molar-refractivity contribution >= 4 is 17.8 Å². The van der Waals surface area contributed by atoms with Gasteiger partial charge >= 0.3 is 0 Å². The molecular formula is C22H22N6O3. The van der Waals surface area contributed by atoms with Gasteiger partial charge in [-0.3, -0.25) is 9.36 Å². The van der Waals surface area contributed by atoms with Gasteiger partial charge < -0.3 is 19.3 Å². The van der Waals surface area contributed by atoms with Gasteiger partial charge in [0.05, 0.1) is 0 Å². The molecule has 1 amide bonds. The lowest BCUT2D eigenvalue weighted by molar-refractivity contribution is -0.126. The molecule has 1 saturated heterocycles. The van der Waals surface area contributed by atoms with Crippen LogP contribution >= 0.6 is 0 Å². The van der Waals surface area contributed by atoms with Crippen molar-refractivity contribution in [1.29, 1.82) is 0 Å². The summed E-state index contributed by atoms with van der Waals surface area (Å²) in [6.45, 7) is 4.85. The molecule has 0 spiro atoms. The van der Waals surface area contributed by atoms with Crippen molar-refractivity contribution in [2.24, 2.45) is 0 Å². The molecule has 158 valence electrons. The Kier molecular flexibility index (Phi) is 4.99. The standard InChI is InChI=1S/C22H22N6O3/c1-16-23-8-9-28(16)21-6-5-20(24-25-21)26-10-12-27(13-11-26)22(29)7-3-17-2-4-18-19(14-17)31-15-30-18/h2-9,14H,10-13,15H2,1H3. The SMILES string of the molecule is Cc1nccn1-c1ccc(N2CCN(C(=O)C=Cc3ccc4c(c3)OCO4)CC2)nn1. The maximum atomic E-state index is 12.6. The second kappa shape index (κ2) is 8.10. The Morgan fingerprint density at radius 1 is 1.00 bits per heavy atom. The Morgan fingerprint density at radius 2 is 1.77 bits per heavy atom. The topological polar surface area (TPSA) is 85.6 Å². The summed E-state index contributed by atoms with van der Waals surface area (Å²) in [4.78, 5) is 20.8. The highest BCUT2D eigenvalue weighted by Gasteiger charge is 2.21. The first kappa shape index (κ1) is 19.1. The van der Waals surface area contributed by atoms with Gasteiger partial charge in [-0.2, -0.15) is 0 Å². The van der Waals surface area contributed by atoms with Crippen molar-refractivity contribution in [3.8, 4) is 17.3 Å². The highest BCUT2D eigenvalue weighted by atomic mass is 16.7. The van der Waals surface area contributed by atoms with E-state index in [1.165, 1.54) is 0 Å². The summed E-state index contributed by atoms with van der Waals surface area (Å²) in [5, 5.41) is 8.68. The molecular weight excluding hydrogens is 396 g/mol.